The van der Waals surface area contributed by atoms with Crippen molar-refractivity contribution in [2.45, 2.75) is 13.1 Å². The highest BCUT2D eigenvalue weighted by Crippen LogP contribution is 2.33. The van der Waals surface area contributed by atoms with Gasteiger partial charge in [0.15, 0.2) is 11.2 Å². The van der Waals surface area contributed by atoms with Crippen LogP contribution in [0.3, 0.4) is 0 Å². The quantitative estimate of drug-likeness (QED) is 0.488. The molecular formula is C24H23N5O3. The molecule has 2 aromatic carbocycles. The van der Waals surface area contributed by atoms with Gasteiger partial charge < -0.3 is 14.2 Å². The fraction of sp³-hybridized carbons (Fsp3) is 0.208. The Kier molecular flexibility index (Phi) is 4.89. The van der Waals surface area contributed by atoms with Crippen LogP contribution in [0.4, 0.5) is 11.6 Å². The first-order valence-corrected chi connectivity index (χ1v) is 10.4. The number of nitrogens with zero attached hydrogens (tertiary/aromatic N) is 5. The summed E-state index contributed by atoms with van der Waals surface area (Å²) in [6.45, 7) is 1.48. The van der Waals surface area contributed by atoms with Crippen LogP contribution in [0.15, 0.2) is 70.3 Å². The molecule has 32 heavy (non-hydrogen) atoms. The van der Waals surface area contributed by atoms with Gasteiger partial charge >= 0.3 is 5.69 Å². The van der Waals surface area contributed by atoms with E-state index < -0.39 is 0 Å². The van der Waals surface area contributed by atoms with Gasteiger partial charge in [0.25, 0.3) is 5.56 Å². The fourth-order valence-electron chi connectivity index (χ4n) is 4.12. The Morgan fingerprint density at radius 3 is 2.66 bits per heavy atom. The van der Waals surface area contributed by atoms with Crippen LogP contribution in [0.25, 0.3) is 17.2 Å². The maximum atomic E-state index is 13.3. The average molecular weight is 429 g/mol. The van der Waals surface area contributed by atoms with E-state index in [2.05, 4.69) is 4.98 Å². The molecule has 0 amide bonds. The first-order chi connectivity index (χ1) is 15.6. The summed E-state index contributed by atoms with van der Waals surface area (Å²) in [6, 6.07) is 17.5. The van der Waals surface area contributed by atoms with Gasteiger partial charge in [-0.1, -0.05) is 48.6 Å². The standard InChI is InChI=1S/C24H23N5O3/c1-26-21-20(22(30)29(24(26)31)13-7-10-17-8-4-3-5-9-17)28-15-14-27(23(28)25-21)18-11-6-12-19(16-18)32-2/h3-12,16H,13-15H2,1-2H3. The van der Waals surface area contributed by atoms with Gasteiger partial charge in [-0.15, -0.1) is 0 Å². The van der Waals surface area contributed by atoms with E-state index in [1.807, 2.05) is 76.2 Å². The van der Waals surface area contributed by atoms with Crippen molar-refractivity contribution in [1.29, 1.82) is 0 Å². The van der Waals surface area contributed by atoms with Gasteiger partial charge in [-0.05, 0) is 17.7 Å². The Labute approximate surface area is 184 Å². The molecule has 0 saturated heterocycles. The third kappa shape index (κ3) is 3.20. The van der Waals surface area contributed by atoms with Crippen molar-refractivity contribution >= 4 is 28.9 Å². The van der Waals surface area contributed by atoms with Crippen LogP contribution < -0.4 is 20.9 Å². The van der Waals surface area contributed by atoms with Gasteiger partial charge in [0.1, 0.15) is 5.75 Å². The highest BCUT2D eigenvalue weighted by atomic mass is 16.5. The molecule has 3 heterocycles. The Hall–Kier alpha value is -4.07. The van der Waals surface area contributed by atoms with Crippen LogP contribution in [0.1, 0.15) is 5.56 Å². The first kappa shape index (κ1) is 19.9. The number of methoxy groups -OCH3 is 1. The zero-order valence-electron chi connectivity index (χ0n) is 17.9. The third-order valence-electron chi connectivity index (χ3n) is 5.76. The number of aromatic nitrogens is 4. The molecule has 4 aromatic rings. The van der Waals surface area contributed by atoms with Crippen LogP contribution in [0.5, 0.6) is 5.75 Å². The van der Waals surface area contributed by atoms with Gasteiger partial charge in [-0.3, -0.25) is 13.9 Å². The molecule has 5 rings (SSSR count). The average Bonchev–Trinajstić information content (AvgIpc) is 3.40. The first-order valence-electron chi connectivity index (χ1n) is 10.4. The van der Waals surface area contributed by atoms with Crippen molar-refractivity contribution in [2.24, 2.45) is 7.05 Å². The molecule has 2 aromatic heterocycles. The maximum absolute atomic E-state index is 13.3. The van der Waals surface area contributed by atoms with Gasteiger partial charge in [-0.2, -0.15) is 4.98 Å². The molecule has 8 heteroatoms. The predicted molar refractivity (Wildman–Crippen MR) is 125 cm³/mol. The lowest BCUT2D eigenvalue weighted by molar-refractivity contribution is 0.415. The molecule has 0 radical (unpaired) electrons. The van der Waals surface area contributed by atoms with Crippen molar-refractivity contribution in [2.75, 3.05) is 18.6 Å². The Morgan fingerprint density at radius 2 is 1.88 bits per heavy atom. The molecule has 0 N–H and O–H groups in total. The van der Waals surface area contributed by atoms with E-state index in [-0.39, 0.29) is 17.8 Å². The molecule has 0 aliphatic carbocycles. The van der Waals surface area contributed by atoms with Crippen molar-refractivity contribution in [3.05, 3.63) is 87.1 Å². The van der Waals surface area contributed by atoms with Crippen LogP contribution >= 0.6 is 0 Å². The molecular weight excluding hydrogens is 406 g/mol. The van der Waals surface area contributed by atoms with Crippen molar-refractivity contribution in [3.8, 4) is 5.75 Å². The summed E-state index contributed by atoms with van der Waals surface area (Å²) in [4.78, 5) is 33.0. The van der Waals surface area contributed by atoms with Crippen LogP contribution in [0, 0.1) is 0 Å². The van der Waals surface area contributed by atoms with E-state index in [9.17, 15) is 9.59 Å². The number of fused-ring (bicyclic) bond motifs is 3. The van der Waals surface area contributed by atoms with E-state index >= 15 is 0 Å². The lowest BCUT2D eigenvalue weighted by atomic mass is 10.2. The number of rotatable bonds is 5. The number of imidazole rings is 1. The number of allylic oxidation sites excluding steroid dienone is 1. The number of ether oxygens (including phenoxy) is 1. The van der Waals surface area contributed by atoms with Crippen molar-refractivity contribution in [3.63, 3.8) is 0 Å². The van der Waals surface area contributed by atoms with E-state index in [1.165, 1.54) is 9.13 Å². The molecule has 0 saturated carbocycles. The normalized spacial score (nSPS) is 13.2. The molecule has 8 nitrogen and oxygen atoms in total. The van der Waals surface area contributed by atoms with E-state index in [4.69, 9.17) is 4.74 Å². The fourth-order valence-corrected chi connectivity index (χ4v) is 4.12. The number of benzene rings is 2. The highest BCUT2D eigenvalue weighted by Gasteiger charge is 2.28. The monoisotopic (exact) mass is 429 g/mol. The maximum Gasteiger partial charge on any atom is 0.332 e. The van der Waals surface area contributed by atoms with Gasteiger partial charge in [0.05, 0.1) is 7.11 Å². The zero-order valence-corrected chi connectivity index (χ0v) is 17.9. The second kappa shape index (κ2) is 7.88. The summed E-state index contributed by atoms with van der Waals surface area (Å²) in [5, 5.41) is 0. The van der Waals surface area contributed by atoms with E-state index in [1.54, 1.807) is 14.2 Å². The minimum Gasteiger partial charge on any atom is -0.497 e. The lowest BCUT2D eigenvalue weighted by Crippen LogP contribution is -2.39. The molecule has 0 bridgehead atoms. The Balaban J connectivity index is 1.58. The second-order valence-electron chi connectivity index (χ2n) is 7.66. The third-order valence-corrected chi connectivity index (χ3v) is 5.76. The Bertz CT molecular complexity index is 1450. The predicted octanol–water partition coefficient (Wildman–Crippen LogP) is 2.77. The second-order valence-corrected chi connectivity index (χ2v) is 7.66. The Morgan fingerprint density at radius 1 is 1.06 bits per heavy atom. The summed E-state index contributed by atoms with van der Waals surface area (Å²) in [5.41, 5.74) is 2.07. The molecule has 1 aliphatic heterocycles. The summed E-state index contributed by atoms with van der Waals surface area (Å²) < 4.78 is 9.94. The smallest absolute Gasteiger partial charge is 0.332 e. The minimum atomic E-state index is -0.384. The van der Waals surface area contributed by atoms with Crippen LogP contribution in [-0.4, -0.2) is 32.3 Å². The molecule has 162 valence electrons. The highest BCUT2D eigenvalue weighted by molar-refractivity contribution is 5.78. The topological polar surface area (TPSA) is 74.3 Å². The van der Waals surface area contributed by atoms with Crippen molar-refractivity contribution in [1.82, 2.24) is 18.7 Å². The largest absolute Gasteiger partial charge is 0.497 e. The molecule has 0 spiro atoms. The molecule has 0 atom stereocenters. The number of anilines is 2. The summed E-state index contributed by atoms with van der Waals surface area (Å²) >= 11 is 0. The number of hydrogen-bond acceptors (Lipinski definition) is 5. The SMILES string of the molecule is COc1cccc(N2CCn3c2nc2c3c(=O)n(CC=Cc3ccccc3)c(=O)n2C)c1. The van der Waals surface area contributed by atoms with Gasteiger partial charge in [0.2, 0.25) is 5.95 Å². The van der Waals surface area contributed by atoms with Gasteiger partial charge in [0, 0.05) is 38.4 Å². The van der Waals surface area contributed by atoms with Crippen LogP contribution in [-0.2, 0) is 20.1 Å². The van der Waals surface area contributed by atoms with Crippen molar-refractivity contribution < 1.29 is 4.74 Å². The lowest BCUT2D eigenvalue weighted by Gasteiger charge is -2.16. The molecule has 1 aliphatic rings. The molecule has 0 fully saturated rings. The zero-order chi connectivity index (χ0) is 22.2. The van der Waals surface area contributed by atoms with Gasteiger partial charge in [-0.25, -0.2) is 4.79 Å². The minimum absolute atomic E-state index is 0.191. The number of hydrogen-bond donors (Lipinski definition) is 0. The summed E-state index contributed by atoms with van der Waals surface area (Å²) in [6.07, 6.45) is 3.73. The molecule has 0 unspecified atom stereocenters. The van der Waals surface area contributed by atoms with Crippen LogP contribution in [0.2, 0.25) is 0 Å². The summed E-state index contributed by atoms with van der Waals surface area (Å²) in [5.74, 6) is 1.40. The van der Waals surface area contributed by atoms with E-state index in [0.717, 1.165) is 17.0 Å². The summed E-state index contributed by atoms with van der Waals surface area (Å²) in [7, 11) is 3.28. The van der Waals surface area contributed by atoms with E-state index in [0.29, 0.717) is 30.2 Å². The number of aryl methyl sites for hydroxylation is 1.